The number of sulfone groups is 2. The van der Waals surface area contributed by atoms with E-state index < -0.39 is 63.4 Å². The molecular formula is C23H26N6O15S5. The molecule has 268 valence electrons. The van der Waals surface area contributed by atoms with E-state index in [1.54, 1.807) is 7.05 Å². The minimum atomic E-state index is -5.00. The summed E-state index contributed by atoms with van der Waals surface area (Å²) in [5.74, 6) is -1.03. The van der Waals surface area contributed by atoms with Crippen LogP contribution in [0, 0.1) is 0 Å². The molecule has 0 saturated heterocycles. The van der Waals surface area contributed by atoms with Gasteiger partial charge in [-0.15, -0.1) is 24.0 Å². The van der Waals surface area contributed by atoms with Crippen LogP contribution in [0.2, 0.25) is 0 Å². The number of nitrogen functional groups attached to an aromatic ring is 1. The Morgan fingerprint density at radius 2 is 1.24 bits per heavy atom. The summed E-state index contributed by atoms with van der Waals surface area (Å²) in [6.45, 7) is -0.703. The van der Waals surface area contributed by atoms with Crippen molar-refractivity contribution in [3.63, 3.8) is 0 Å². The van der Waals surface area contributed by atoms with Gasteiger partial charge in [0.2, 0.25) is 0 Å². The highest BCUT2D eigenvalue weighted by atomic mass is 32.2. The third kappa shape index (κ3) is 12.2. The van der Waals surface area contributed by atoms with Crippen LogP contribution in [0.5, 0.6) is 0 Å². The van der Waals surface area contributed by atoms with Crippen LogP contribution in [0.3, 0.4) is 0 Å². The monoisotopic (exact) mass is 786 g/mol. The van der Waals surface area contributed by atoms with Crippen LogP contribution in [0.4, 0.5) is 34.1 Å². The maximum Gasteiger partial charge on any atom is 0.296 e. The number of nitrogens with two attached hydrogens (primary N) is 1. The van der Waals surface area contributed by atoms with E-state index in [2.05, 4.69) is 44.5 Å². The zero-order chi connectivity index (χ0) is 36.1. The van der Waals surface area contributed by atoms with Gasteiger partial charge in [0, 0.05) is 7.05 Å². The molecule has 0 aliphatic carbocycles. The first-order valence-electron chi connectivity index (χ1n) is 12.9. The maximum atomic E-state index is 12.6. The topological polar surface area (TPSA) is 306 Å². The summed E-state index contributed by atoms with van der Waals surface area (Å²) in [5.41, 5.74) is 6.59. The molecule has 0 aliphatic heterocycles. The van der Waals surface area contributed by atoms with E-state index in [1.165, 1.54) is 36.4 Å². The molecule has 0 aliphatic rings. The molecule has 0 bridgehead atoms. The molecule has 0 aromatic heterocycles. The van der Waals surface area contributed by atoms with Crippen molar-refractivity contribution in [2.75, 3.05) is 42.8 Å². The van der Waals surface area contributed by atoms with Gasteiger partial charge in [0.1, 0.15) is 22.0 Å². The van der Waals surface area contributed by atoms with E-state index in [0.717, 1.165) is 12.1 Å². The summed E-state index contributed by atoms with van der Waals surface area (Å²) >= 11 is 0.403. The van der Waals surface area contributed by atoms with Gasteiger partial charge >= 0.3 is 0 Å². The Balaban J connectivity index is 1.83. The molecule has 0 saturated carbocycles. The normalized spacial score (nSPS) is 12.7. The molecule has 26 heteroatoms. The van der Waals surface area contributed by atoms with Crippen LogP contribution in [0.15, 0.2) is 89.7 Å². The average Bonchev–Trinajstić information content (AvgIpc) is 3.06. The zero-order valence-corrected chi connectivity index (χ0v) is 28.8. The first kappa shape index (κ1) is 40.1. The lowest BCUT2D eigenvalue weighted by Gasteiger charge is -2.09. The lowest BCUT2D eigenvalue weighted by molar-refractivity contribution is -0.434. The van der Waals surface area contributed by atoms with Gasteiger partial charge in [-0.3, -0.25) is 12.9 Å². The Kier molecular flexibility index (Phi) is 15.2. The Morgan fingerprint density at radius 1 is 0.714 bits per heavy atom. The maximum absolute atomic E-state index is 12.6. The zero-order valence-electron chi connectivity index (χ0n) is 24.7. The van der Waals surface area contributed by atoms with Gasteiger partial charge in [0.15, 0.2) is 44.3 Å². The molecule has 21 nitrogen and oxygen atoms in total. The third-order valence-corrected chi connectivity index (χ3v) is 10.8. The predicted octanol–water partition coefficient (Wildman–Crippen LogP) is 4.94. The number of hydrogen-bond donors (Lipinski definition) is 5. The number of nitrogens with one attached hydrogen (secondary N) is 1. The Morgan fingerprint density at radius 3 is 1.80 bits per heavy atom. The minimum absolute atomic E-state index is 0.00700. The molecule has 0 heterocycles. The van der Waals surface area contributed by atoms with E-state index in [4.69, 9.17) is 24.6 Å². The SMILES string of the molecule is CNc1cc(N)c(N=Nc2ccc(S(=O)(=O)CCOSOOO)cc2S(=O)(=O)O)cc1N=Nc1ccc(S(=O)(=O)CCOSOOO)cc1. The molecule has 0 amide bonds. The Labute approximate surface area is 287 Å². The predicted molar refractivity (Wildman–Crippen MR) is 172 cm³/mol. The smallest absolute Gasteiger partial charge is 0.296 e. The first-order valence-corrected chi connectivity index (χ1v) is 18.9. The molecule has 3 rings (SSSR count). The van der Waals surface area contributed by atoms with Crippen molar-refractivity contribution in [2.45, 2.75) is 14.7 Å². The second kappa shape index (κ2) is 18.6. The summed E-state index contributed by atoms with van der Waals surface area (Å²) in [6.07, 6.45) is 0. The molecule has 0 fully saturated rings. The van der Waals surface area contributed by atoms with Gasteiger partial charge in [0.25, 0.3) is 10.1 Å². The number of rotatable bonds is 20. The fourth-order valence-corrected chi connectivity index (χ4v) is 7.10. The summed E-state index contributed by atoms with van der Waals surface area (Å²) in [5, 5.41) is 41.6. The highest BCUT2D eigenvalue weighted by molar-refractivity contribution is 7.92. The lowest BCUT2D eigenvalue weighted by atomic mass is 10.2. The summed E-state index contributed by atoms with van der Waals surface area (Å²) in [7, 11) is -11.3. The molecule has 0 unspecified atom stereocenters. The van der Waals surface area contributed by atoms with E-state index in [9.17, 15) is 29.8 Å². The summed E-state index contributed by atoms with van der Waals surface area (Å²) in [6, 6.07) is 11.0. The van der Waals surface area contributed by atoms with Crippen molar-refractivity contribution >= 4 is 88.6 Å². The van der Waals surface area contributed by atoms with Gasteiger partial charge in [-0.25, -0.2) is 27.4 Å². The minimum Gasteiger partial charge on any atom is -0.397 e. The largest absolute Gasteiger partial charge is 0.397 e. The van der Waals surface area contributed by atoms with Crippen LogP contribution in [-0.2, 0) is 56.9 Å². The quantitative estimate of drug-likeness (QED) is 0.0193. The van der Waals surface area contributed by atoms with Gasteiger partial charge in [-0.2, -0.15) is 13.5 Å². The number of azo groups is 2. The number of anilines is 2. The van der Waals surface area contributed by atoms with E-state index in [0.29, 0.717) is 11.8 Å². The second-order valence-corrected chi connectivity index (χ2v) is 15.5. The average molecular weight is 787 g/mol. The van der Waals surface area contributed by atoms with Crippen molar-refractivity contribution in [3.8, 4) is 0 Å². The highest BCUT2D eigenvalue weighted by Crippen LogP contribution is 2.38. The second-order valence-electron chi connectivity index (χ2n) is 8.88. The molecule has 49 heavy (non-hydrogen) atoms. The van der Waals surface area contributed by atoms with Crippen LogP contribution in [-0.4, -0.2) is 72.1 Å². The van der Waals surface area contributed by atoms with Gasteiger partial charge in [-0.05, 0) is 54.6 Å². The van der Waals surface area contributed by atoms with E-state index in [1.807, 2.05) is 0 Å². The number of hydrogen-bond acceptors (Lipinski definition) is 22. The highest BCUT2D eigenvalue weighted by Gasteiger charge is 2.22. The first-order chi connectivity index (χ1) is 23.2. The van der Waals surface area contributed by atoms with Crippen molar-refractivity contribution in [1.82, 2.24) is 0 Å². The van der Waals surface area contributed by atoms with Crippen LogP contribution < -0.4 is 11.1 Å². The van der Waals surface area contributed by atoms with E-state index in [-0.39, 0.29) is 58.9 Å². The number of benzene rings is 3. The molecule has 0 radical (unpaired) electrons. The van der Waals surface area contributed by atoms with Crippen LogP contribution >= 0.6 is 24.6 Å². The van der Waals surface area contributed by atoms with Gasteiger partial charge < -0.3 is 11.1 Å². The van der Waals surface area contributed by atoms with Crippen molar-refractivity contribution in [3.05, 3.63) is 54.6 Å². The Hall–Kier alpha value is -3.35. The van der Waals surface area contributed by atoms with Gasteiger partial charge in [0.05, 0.1) is 51.6 Å². The summed E-state index contributed by atoms with van der Waals surface area (Å²) < 4.78 is 102. The van der Waals surface area contributed by atoms with Crippen LogP contribution in [0.1, 0.15) is 0 Å². The fourth-order valence-electron chi connectivity index (χ4n) is 3.54. The summed E-state index contributed by atoms with van der Waals surface area (Å²) in [4.78, 5) is -1.36. The third-order valence-electron chi connectivity index (χ3n) is 5.80. The van der Waals surface area contributed by atoms with Crippen molar-refractivity contribution in [1.29, 1.82) is 0 Å². The molecule has 0 atom stereocenters. The standard InChI is InChI=1S/C23H26N6O15S5/c1-25-21-13-18(24)20(14-22(21)29-26-15-2-4-16(5-3-15)47(32,33)10-8-39-45-43-41-30)28-27-19-7-6-17(12-23(19)49(36,37)38)48(34,35)11-9-40-46-44-42-31/h2-7,12-14,25,30-31H,8-11,24H2,1H3,(H,36,37,38). The molecule has 3 aromatic carbocycles. The number of nitrogens with zero attached hydrogens (tertiary/aromatic N) is 4. The molecule has 0 spiro atoms. The van der Waals surface area contributed by atoms with Crippen molar-refractivity contribution < 1.29 is 67.4 Å². The fraction of sp³-hybridized carbons (Fsp3) is 0.217. The molecule has 6 N–H and O–H groups in total. The molecule has 3 aromatic rings. The van der Waals surface area contributed by atoms with Crippen LogP contribution in [0.25, 0.3) is 0 Å². The Bertz CT molecular complexity index is 1960. The van der Waals surface area contributed by atoms with E-state index >= 15 is 0 Å². The van der Waals surface area contributed by atoms with Crippen molar-refractivity contribution in [2.24, 2.45) is 20.5 Å². The van der Waals surface area contributed by atoms with Gasteiger partial charge in [-0.1, -0.05) is 10.1 Å². The lowest BCUT2D eigenvalue weighted by Crippen LogP contribution is -2.12. The molecular weight excluding hydrogens is 761 g/mol.